The summed E-state index contributed by atoms with van der Waals surface area (Å²) in [5.74, 6) is 0.271. The number of para-hydroxylation sites is 1. The van der Waals surface area contributed by atoms with E-state index in [-0.39, 0.29) is 17.7 Å². The van der Waals surface area contributed by atoms with E-state index in [1.807, 2.05) is 21.9 Å². The molecule has 144 valence electrons. The highest BCUT2D eigenvalue weighted by atomic mass is 32.1. The summed E-state index contributed by atoms with van der Waals surface area (Å²) in [6.07, 6.45) is 1.82. The maximum absolute atomic E-state index is 12.9. The highest BCUT2D eigenvalue weighted by molar-refractivity contribution is 7.18. The van der Waals surface area contributed by atoms with Gasteiger partial charge in [0.05, 0.1) is 22.7 Å². The third-order valence-electron chi connectivity index (χ3n) is 5.60. The fourth-order valence-electron chi connectivity index (χ4n) is 4.03. The van der Waals surface area contributed by atoms with Crippen LogP contribution < -0.4 is 0 Å². The number of amides is 2. The van der Waals surface area contributed by atoms with Gasteiger partial charge in [0.1, 0.15) is 5.01 Å². The van der Waals surface area contributed by atoms with Crippen molar-refractivity contribution in [2.75, 3.05) is 39.3 Å². The summed E-state index contributed by atoms with van der Waals surface area (Å²) in [6, 6.07) is 8.24. The molecule has 0 radical (unpaired) electrons. The van der Waals surface area contributed by atoms with Crippen LogP contribution in [0.3, 0.4) is 0 Å². The van der Waals surface area contributed by atoms with Crippen LogP contribution in [0, 0.1) is 5.92 Å². The number of aromatic nitrogens is 1. The number of likely N-dealkylation sites (tertiary alicyclic amines) is 1. The molecule has 2 saturated heterocycles. The van der Waals surface area contributed by atoms with Crippen LogP contribution in [0.5, 0.6) is 0 Å². The number of carbonyl (C=O) groups is 2. The molecule has 2 amide bonds. The minimum atomic E-state index is -0.0292. The van der Waals surface area contributed by atoms with Crippen molar-refractivity contribution in [2.24, 2.45) is 5.92 Å². The smallest absolute Gasteiger partial charge is 0.227 e. The van der Waals surface area contributed by atoms with Gasteiger partial charge in [0.25, 0.3) is 0 Å². The second-order valence-corrected chi connectivity index (χ2v) is 8.60. The van der Waals surface area contributed by atoms with Gasteiger partial charge in [-0.3, -0.25) is 14.5 Å². The van der Waals surface area contributed by atoms with Gasteiger partial charge in [-0.1, -0.05) is 12.1 Å². The van der Waals surface area contributed by atoms with E-state index in [2.05, 4.69) is 17.0 Å². The molecule has 6 nitrogen and oxygen atoms in total. The molecule has 1 aromatic heterocycles. The standard InChI is InChI=1S/C20H26N4O2S/c1-15(25)24-8-4-5-16(13-24)20(26)23-11-9-22(10-12-23)14-19-21-17-6-2-3-7-18(17)27-19/h2-3,6-7,16H,4-5,8-14H2,1H3/t16-/m0/s1. The third-order valence-corrected chi connectivity index (χ3v) is 6.62. The molecule has 1 aromatic carbocycles. The Hall–Kier alpha value is -1.99. The number of thiazole rings is 1. The number of piperazine rings is 1. The molecule has 2 aliphatic heterocycles. The quantitative estimate of drug-likeness (QED) is 0.812. The van der Waals surface area contributed by atoms with Crippen LogP contribution in [0.15, 0.2) is 24.3 Å². The first-order valence-corrected chi connectivity index (χ1v) is 10.5. The molecule has 0 bridgehead atoms. The van der Waals surface area contributed by atoms with Crippen molar-refractivity contribution in [3.63, 3.8) is 0 Å². The molecule has 0 spiro atoms. The Kier molecular flexibility index (Phi) is 5.41. The average molecular weight is 387 g/mol. The molecular formula is C20H26N4O2S. The second-order valence-electron chi connectivity index (χ2n) is 7.48. The van der Waals surface area contributed by atoms with Crippen molar-refractivity contribution in [1.82, 2.24) is 19.7 Å². The topological polar surface area (TPSA) is 56.8 Å². The normalized spacial score (nSPS) is 21.6. The number of nitrogens with zero attached hydrogens (tertiary/aromatic N) is 4. The molecule has 2 aliphatic rings. The van der Waals surface area contributed by atoms with E-state index in [9.17, 15) is 9.59 Å². The van der Waals surface area contributed by atoms with Crippen LogP contribution in [0.4, 0.5) is 0 Å². The maximum Gasteiger partial charge on any atom is 0.227 e. The number of piperidine rings is 1. The monoisotopic (exact) mass is 386 g/mol. The van der Waals surface area contributed by atoms with Gasteiger partial charge in [0.2, 0.25) is 11.8 Å². The van der Waals surface area contributed by atoms with E-state index in [1.165, 1.54) is 4.70 Å². The zero-order valence-electron chi connectivity index (χ0n) is 15.8. The third kappa shape index (κ3) is 4.14. The second kappa shape index (κ2) is 7.94. The summed E-state index contributed by atoms with van der Waals surface area (Å²) in [4.78, 5) is 35.4. The molecule has 1 atom stereocenters. The van der Waals surface area contributed by atoms with Gasteiger partial charge >= 0.3 is 0 Å². The molecule has 27 heavy (non-hydrogen) atoms. The first-order valence-electron chi connectivity index (χ1n) is 9.71. The van der Waals surface area contributed by atoms with Crippen LogP contribution >= 0.6 is 11.3 Å². The van der Waals surface area contributed by atoms with Gasteiger partial charge in [-0.25, -0.2) is 4.98 Å². The molecule has 3 heterocycles. The molecule has 0 unspecified atom stereocenters. The van der Waals surface area contributed by atoms with Gasteiger partial charge < -0.3 is 9.80 Å². The van der Waals surface area contributed by atoms with Crippen LogP contribution in [-0.2, 0) is 16.1 Å². The van der Waals surface area contributed by atoms with E-state index >= 15 is 0 Å². The van der Waals surface area contributed by atoms with Gasteiger partial charge in [-0.2, -0.15) is 0 Å². The van der Waals surface area contributed by atoms with Crippen molar-refractivity contribution in [2.45, 2.75) is 26.3 Å². The number of benzene rings is 1. The van der Waals surface area contributed by atoms with Gasteiger partial charge in [0.15, 0.2) is 0 Å². The summed E-state index contributed by atoms with van der Waals surface area (Å²) in [7, 11) is 0. The molecule has 2 aromatic rings. The molecule has 7 heteroatoms. The largest absolute Gasteiger partial charge is 0.342 e. The maximum atomic E-state index is 12.9. The summed E-state index contributed by atoms with van der Waals surface area (Å²) >= 11 is 1.75. The lowest BCUT2D eigenvalue weighted by atomic mass is 9.96. The fraction of sp³-hybridized carbons (Fsp3) is 0.550. The van der Waals surface area contributed by atoms with Crippen LogP contribution in [-0.4, -0.2) is 70.8 Å². The molecule has 4 rings (SSSR count). The van der Waals surface area contributed by atoms with E-state index < -0.39 is 0 Å². The first-order chi connectivity index (χ1) is 13.1. The Balaban J connectivity index is 1.30. The highest BCUT2D eigenvalue weighted by Crippen LogP contribution is 2.24. The summed E-state index contributed by atoms with van der Waals surface area (Å²) in [5.41, 5.74) is 1.07. The Morgan fingerprint density at radius 2 is 1.89 bits per heavy atom. The van der Waals surface area contributed by atoms with Crippen LogP contribution in [0.1, 0.15) is 24.8 Å². The lowest BCUT2D eigenvalue weighted by Crippen LogP contribution is -2.52. The molecule has 0 aliphatic carbocycles. The molecule has 0 N–H and O–H groups in total. The Bertz CT molecular complexity index is 795. The minimum absolute atomic E-state index is 0.0292. The van der Waals surface area contributed by atoms with Crippen molar-refractivity contribution in [3.05, 3.63) is 29.3 Å². The predicted molar refractivity (Wildman–Crippen MR) is 106 cm³/mol. The van der Waals surface area contributed by atoms with Crippen LogP contribution in [0.25, 0.3) is 10.2 Å². The van der Waals surface area contributed by atoms with Crippen molar-refractivity contribution < 1.29 is 9.59 Å². The predicted octanol–water partition coefficient (Wildman–Crippen LogP) is 2.20. The number of fused-ring (bicyclic) bond motifs is 1. The lowest BCUT2D eigenvalue weighted by Gasteiger charge is -2.38. The van der Waals surface area contributed by atoms with Crippen molar-refractivity contribution >= 4 is 33.4 Å². The van der Waals surface area contributed by atoms with E-state index in [0.717, 1.165) is 62.6 Å². The first kappa shape index (κ1) is 18.4. The lowest BCUT2D eigenvalue weighted by molar-refractivity contribution is -0.141. The number of rotatable bonds is 3. The van der Waals surface area contributed by atoms with Gasteiger partial charge in [-0.15, -0.1) is 11.3 Å². The molecule has 2 fully saturated rings. The number of carbonyl (C=O) groups excluding carboxylic acids is 2. The molecular weight excluding hydrogens is 360 g/mol. The SMILES string of the molecule is CC(=O)N1CCC[C@H](C(=O)N2CCN(Cc3nc4ccccc4s3)CC2)C1. The van der Waals surface area contributed by atoms with E-state index in [0.29, 0.717) is 6.54 Å². The molecule has 0 saturated carbocycles. The summed E-state index contributed by atoms with van der Waals surface area (Å²) in [5, 5.41) is 1.14. The summed E-state index contributed by atoms with van der Waals surface area (Å²) in [6.45, 7) is 7.10. The Morgan fingerprint density at radius 1 is 1.11 bits per heavy atom. The average Bonchev–Trinajstić information content (AvgIpc) is 3.10. The van der Waals surface area contributed by atoms with Gasteiger partial charge in [0, 0.05) is 46.2 Å². The number of hydrogen-bond acceptors (Lipinski definition) is 5. The Morgan fingerprint density at radius 3 is 2.63 bits per heavy atom. The number of hydrogen-bond donors (Lipinski definition) is 0. The van der Waals surface area contributed by atoms with Crippen molar-refractivity contribution in [3.8, 4) is 0 Å². The van der Waals surface area contributed by atoms with E-state index in [4.69, 9.17) is 4.98 Å². The highest BCUT2D eigenvalue weighted by Gasteiger charge is 2.31. The van der Waals surface area contributed by atoms with Crippen LogP contribution in [0.2, 0.25) is 0 Å². The minimum Gasteiger partial charge on any atom is -0.342 e. The zero-order valence-corrected chi connectivity index (χ0v) is 16.6. The van der Waals surface area contributed by atoms with E-state index in [1.54, 1.807) is 18.3 Å². The Labute approximate surface area is 163 Å². The zero-order chi connectivity index (χ0) is 18.8. The summed E-state index contributed by atoms with van der Waals surface area (Å²) < 4.78 is 1.23. The van der Waals surface area contributed by atoms with Crippen molar-refractivity contribution in [1.29, 1.82) is 0 Å². The van der Waals surface area contributed by atoms with Gasteiger partial charge in [-0.05, 0) is 25.0 Å². The fourth-order valence-corrected chi connectivity index (χ4v) is 5.04.